The lowest BCUT2D eigenvalue weighted by Crippen LogP contribution is -2.34. The number of hydrogen-bond acceptors (Lipinski definition) is 3. The zero-order valence-corrected chi connectivity index (χ0v) is 10.7. The van der Waals surface area contributed by atoms with E-state index in [0.717, 1.165) is 0 Å². The van der Waals surface area contributed by atoms with Gasteiger partial charge in [-0.15, -0.1) is 0 Å². The summed E-state index contributed by atoms with van der Waals surface area (Å²) in [7, 11) is 0. The summed E-state index contributed by atoms with van der Waals surface area (Å²) in [6.07, 6.45) is 3.26. The molecule has 0 bridgehead atoms. The molecule has 1 heterocycles. The number of nitrogens with one attached hydrogen (secondary N) is 2. The van der Waals surface area contributed by atoms with E-state index in [9.17, 15) is 9.59 Å². The van der Waals surface area contributed by atoms with Crippen LogP contribution < -0.4 is 10.6 Å². The number of carboxylic acid groups (broad SMARTS) is 1. The molecule has 0 spiro atoms. The predicted molar refractivity (Wildman–Crippen MR) is 66.4 cm³/mol. The van der Waals surface area contributed by atoms with Crippen molar-refractivity contribution in [3.05, 3.63) is 12.4 Å². The van der Waals surface area contributed by atoms with Crippen molar-refractivity contribution in [2.24, 2.45) is 5.92 Å². The number of urea groups is 1. The fourth-order valence-corrected chi connectivity index (χ4v) is 1.19. The van der Waals surface area contributed by atoms with Crippen LogP contribution in [0.25, 0.3) is 0 Å². The van der Waals surface area contributed by atoms with Crippen LogP contribution in [0.5, 0.6) is 0 Å². The zero-order valence-electron chi connectivity index (χ0n) is 10.7. The van der Waals surface area contributed by atoms with Crippen molar-refractivity contribution in [1.29, 1.82) is 0 Å². The Bertz CT molecular complexity index is 428. The molecule has 100 valence electrons. The summed E-state index contributed by atoms with van der Waals surface area (Å²) in [6.45, 7) is 5.57. The average molecular weight is 254 g/mol. The van der Waals surface area contributed by atoms with Crippen molar-refractivity contribution in [1.82, 2.24) is 15.1 Å². The molecule has 0 aliphatic carbocycles. The van der Waals surface area contributed by atoms with E-state index in [1.54, 1.807) is 17.1 Å². The van der Waals surface area contributed by atoms with Crippen LogP contribution in [0.2, 0.25) is 0 Å². The summed E-state index contributed by atoms with van der Waals surface area (Å²) in [5.74, 6) is -1.56. The van der Waals surface area contributed by atoms with E-state index < -0.39 is 17.9 Å². The standard InChI is InChI=1S/C11H18N4O3/c1-7(2)15-6-9(5-13-15)14-11(18)12-4-8(3)10(16)17/h5-8H,4H2,1-3H3,(H,16,17)(H2,12,14,18). The first-order chi connectivity index (χ1) is 8.40. The summed E-state index contributed by atoms with van der Waals surface area (Å²) >= 11 is 0. The summed E-state index contributed by atoms with van der Waals surface area (Å²) in [5, 5.41) is 17.8. The topological polar surface area (TPSA) is 96.3 Å². The third kappa shape index (κ3) is 4.08. The Hall–Kier alpha value is -2.05. The Kier molecular flexibility index (Phi) is 4.70. The molecule has 0 fully saturated rings. The molecule has 0 radical (unpaired) electrons. The molecule has 0 aliphatic heterocycles. The first kappa shape index (κ1) is 14.0. The van der Waals surface area contributed by atoms with Gasteiger partial charge < -0.3 is 15.7 Å². The smallest absolute Gasteiger partial charge is 0.319 e. The molecule has 1 unspecified atom stereocenters. The molecule has 0 aliphatic rings. The van der Waals surface area contributed by atoms with Crippen molar-refractivity contribution in [2.75, 3.05) is 11.9 Å². The van der Waals surface area contributed by atoms with Gasteiger partial charge in [0.2, 0.25) is 0 Å². The van der Waals surface area contributed by atoms with Gasteiger partial charge in [0.15, 0.2) is 0 Å². The Labute approximate surface area is 105 Å². The SMILES string of the molecule is CC(CNC(=O)Nc1cnn(C(C)C)c1)C(=O)O. The number of anilines is 1. The van der Waals surface area contributed by atoms with Gasteiger partial charge in [0.1, 0.15) is 0 Å². The number of carbonyl (C=O) groups is 2. The molecule has 18 heavy (non-hydrogen) atoms. The van der Waals surface area contributed by atoms with Crippen molar-refractivity contribution < 1.29 is 14.7 Å². The first-order valence-electron chi connectivity index (χ1n) is 5.72. The normalized spacial score (nSPS) is 12.2. The summed E-state index contributed by atoms with van der Waals surface area (Å²) in [4.78, 5) is 22.0. The molecular weight excluding hydrogens is 236 g/mol. The lowest BCUT2D eigenvalue weighted by atomic mass is 10.2. The second-order valence-corrected chi connectivity index (χ2v) is 4.38. The number of aliphatic carboxylic acids is 1. The number of aromatic nitrogens is 2. The molecule has 1 aromatic rings. The molecule has 3 N–H and O–H groups in total. The van der Waals surface area contributed by atoms with E-state index in [1.807, 2.05) is 13.8 Å². The minimum Gasteiger partial charge on any atom is -0.481 e. The highest BCUT2D eigenvalue weighted by Crippen LogP contribution is 2.09. The van der Waals surface area contributed by atoms with E-state index in [0.29, 0.717) is 5.69 Å². The van der Waals surface area contributed by atoms with E-state index in [2.05, 4.69) is 15.7 Å². The fourth-order valence-electron chi connectivity index (χ4n) is 1.19. The first-order valence-corrected chi connectivity index (χ1v) is 5.72. The van der Waals surface area contributed by atoms with E-state index in [4.69, 9.17) is 5.11 Å². The van der Waals surface area contributed by atoms with Gasteiger partial charge in [-0.2, -0.15) is 5.10 Å². The van der Waals surface area contributed by atoms with Gasteiger partial charge in [0, 0.05) is 18.8 Å². The molecule has 7 heteroatoms. The lowest BCUT2D eigenvalue weighted by molar-refractivity contribution is -0.140. The largest absolute Gasteiger partial charge is 0.481 e. The van der Waals surface area contributed by atoms with Crippen LogP contribution in [0.15, 0.2) is 12.4 Å². The summed E-state index contributed by atoms with van der Waals surface area (Å²) in [6, 6.07) is -0.220. The quantitative estimate of drug-likeness (QED) is 0.738. The van der Waals surface area contributed by atoms with Crippen LogP contribution in [0.4, 0.5) is 10.5 Å². The average Bonchev–Trinajstić information content (AvgIpc) is 2.74. The van der Waals surface area contributed by atoms with Crippen LogP contribution in [0, 0.1) is 5.92 Å². The highest BCUT2D eigenvalue weighted by molar-refractivity contribution is 5.89. The molecule has 1 aromatic heterocycles. The Morgan fingerprint density at radius 2 is 2.11 bits per heavy atom. The molecule has 0 saturated carbocycles. The van der Waals surface area contributed by atoms with Gasteiger partial charge in [0.05, 0.1) is 17.8 Å². The van der Waals surface area contributed by atoms with Crippen LogP contribution >= 0.6 is 0 Å². The molecule has 1 atom stereocenters. The molecule has 2 amide bonds. The third-order valence-corrected chi connectivity index (χ3v) is 2.38. The maximum atomic E-state index is 11.5. The van der Waals surface area contributed by atoms with Crippen molar-refractivity contribution in [3.63, 3.8) is 0 Å². The highest BCUT2D eigenvalue weighted by atomic mass is 16.4. The van der Waals surface area contributed by atoms with Crippen LogP contribution in [-0.4, -0.2) is 33.4 Å². The van der Waals surface area contributed by atoms with Crippen molar-refractivity contribution in [2.45, 2.75) is 26.8 Å². The number of carbonyl (C=O) groups excluding carboxylic acids is 1. The molecule has 0 aromatic carbocycles. The maximum absolute atomic E-state index is 11.5. The molecule has 1 rings (SSSR count). The highest BCUT2D eigenvalue weighted by Gasteiger charge is 2.12. The second kappa shape index (κ2) is 6.04. The van der Waals surface area contributed by atoms with E-state index in [1.165, 1.54) is 6.92 Å². The van der Waals surface area contributed by atoms with E-state index in [-0.39, 0.29) is 12.6 Å². The van der Waals surface area contributed by atoms with Crippen molar-refractivity contribution in [3.8, 4) is 0 Å². The minimum atomic E-state index is -0.942. The number of rotatable bonds is 5. The van der Waals surface area contributed by atoms with Gasteiger partial charge in [-0.25, -0.2) is 4.79 Å². The Balaban J connectivity index is 2.42. The predicted octanol–water partition coefficient (Wildman–Crippen LogP) is 1.31. The molecule has 7 nitrogen and oxygen atoms in total. The maximum Gasteiger partial charge on any atom is 0.319 e. The number of hydrogen-bond donors (Lipinski definition) is 3. The Morgan fingerprint density at radius 3 is 2.61 bits per heavy atom. The lowest BCUT2D eigenvalue weighted by Gasteiger charge is -2.08. The van der Waals surface area contributed by atoms with Crippen LogP contribution in [0.3, 0.4) is 0 Å². The van der Waals surface area contributed by atoms with Gasteiger partial charge in [-0.1, -0.05) is 6.92 Å². The van der Waals surface area contributed by atoms with Gasteiger partial charge >= 0.3 is 12.0 Å². The Morgan fingerprint density at radius 1 is 1.44 bits per heavy atom. The minimum absolute atomic E-state index is 0.0828. The van der Waals surface area contributed by atoms with Gasteiger partial charge in [0.25, 0.3) is 0 Å². The summed E-state index contributed by atoms with van der Waals surface area (Å²) in [5.41, 5.74) is 0.573. The van der Waals surface area contributed by atoms with E-state index >= 15 is 0 Å². The molecule has 0 saturated heterocycles. The van der Waals surface area contributed by atoms with Crippen LogP contribution in [0.1, 0.15) is 26.8 Å². The monoisotopic (exact) mass is 254 g/mol. The number of amides is 2. The third-order valence-electron chi connectivity index (χ3n) is 2.38. The van der Waals surface area contributed by atoms with Crippen LogP contribution in [-0.2, 0) is 4.79 Å². The van der Waals surface area contributed by atoms with Gasteiger partial charge in [-0.3, -0.25) is 9.48 Å². The number of carboxylic acids is 1. The summed E-state index contributed by atoms with van der Waals surface area (Å²) < 4.78 is 1.72. The zero-order chi connectivity index (χ0) is 13.7. The second-order valence-electron chi connectivity index (χ2n) is 4.38. The molecular formula is C11H18N4O3. The van der Waals surface area contributed by atoms with Gasteiger partial charge in [-0.05, 0) is 13.8 Å². The number of nitrogens with zero attached hydrogens (tertiary/aromatic N) is 2. The van der Waals surface area contributed by atoms with Crippen molar-refractivity contribution >= 4 is 17.7 Å². The fraction of sp³-hybridized carbons (Fsp3) is 0.545.